The van der Waals surface area contributed by atoms with Crippen molar-refractivity contribution in [3.05, 3.63) is 83.5 Å². The third-order valence-corrected chi connectivity index (χ3v) is 5.49. The first-order valence-electron chi connectivity index (χ1n) is 9.25. The molecule has 0 saturated heterocycles. The number of hydrogen-bond acceptors (Lipinski definition) is 4. The molecule has 0 N–H and O–H groups in total. The average molecular weight is 355 g/mol. The van der Waals surface area contributed by atoms with Crippen molar-refractivity contribution in [2.45, 2.75) is 19.4 Å². The molecule has 4 aromatic rings. The molecule has 1 unspecified atom stereocenters. The Balaban J connectivity index is 1.60. The third kappa shape index (κ3) is 2.82. The van der Waals surface area contributed by atoms with E-state index in [0.29, 0.717) is 5.92 Å². The summed E-state index contributed by atoms with van der Waals surface area (Å²) in [6, 6.07) is 15.3. The lowest BCUT2D eigenvalue weighted by Crippen LogP contribution is -2.31. The van der Waals surface area contributed by atoms with Crippen LogP contribution in [-0.2, 0) is 6.54 Å². The summed E-state index contributed by atoms with van der Waals surface area (Å²) >= 11 is 0. The fourth-order valence-corrected chi connectivity index (χ4v) is 4.17. The highest BCUT2D eigenvalue weighted by Crippen LogP contribution is 2.36. The maximum Gasteiger partial charge on any atom is 0.133 e. The molecule has 0 bridgehead atoms. The van der Waals surface area contributed by atoms with Gasteiger partial charge in [0.05, 0.1) is 17.7 Å². The fourth-order valence-electron chi connectivity index (χ4n) is 4.17. The van der Waals surface area contributed by atoms with Gasteiger partial charge in [-0.15, -0.1) is 0 Å². The minimum absolute atomic E-state index is 0.357. The number of aryl methyl sites for hydroxylation is 1. The second kappa shape index (κ2) is 6.32. The molecule has 2 aromatic heterocycles. The Kier molecular flexibility index (Phi) is 3.80. The second-order valence-electron chi connectivity index (χ2n) is 7.37. The molecule has 0 spiro atoms. The SMILES string of the molecule is Cc1nccnc1-c1ccc2c(c1)CN(C)CC2c1ccc2occc2c1. The van der Waals surface area contributed by atoms with Crippen LogP contribution in [0.2, 0.25) is 0 Å². The molecule has 5 rings (SSSR count). The van der Waals surface area contributed by atoms with Crippen molar-refractivity contribution in [3.8, 4) is 11.3 Å². The van der Waals surface area contributed by atoms with Gasteiger partial charge in [-0.05, 0) is 54.9 Å². The standard InChI is InChI=1S/C23H21N3O/c1-15-23(25-9-8-24-15)18-3-5-20-19(12-18)13-26(2)14-21(20)16-4-6-22-17(11-16)7-10-27-22/h3-12,21H,13-14H2,1-2H3. The lowest BCUT2D eigenvalue weighted by molar-refractivity contribution is 0.295. The number of aromatic nitrogens is 2. The van der Waals surface area contributed by atoms with Crippen molar-refractivity contribution in [1.29, 1.82) is 0 Å². The van der Waals surface area contributed by atoms with Crippen molar-refractivity contribution in [1.82, 2.24) is 14.9 Å². The molecule has 0 amide bonds. The number of rotatable bonds is 2. The van der Waals surface area contributed by atoms with E-state index in [1.807, 2.05) is 13.0 Å². The van der Waals surface area contributed by atoms with Crippen LogP contribution >= 0.6 is 0 Å². The zero-order chi connectivity index (χ0) is 18.4. The first-order valence-corrected chi connectivity index (χ1v) is 9.25. The van der Waals surface area contributed by atoms with Gasteiger partial charge in [0, 0.05) is 42.4 Å². The van der Waals surface area contributed by atoms with E-state index in [9.17, 15) is 0 Å². The Morgan fingerprint density at radius 2 is 1.93 bits per heavy atom. The van der Waals surface area contributed by atoms with Crippen molar-refractivity contribution in [2.24, 2.45) is 0 Å². The number of furan rings is 1. The lowest BCUT2D eigenvalue weighted by Gasteiger charge is -2.33. The maximum atomic E-state index is 5.50. The molecule has 1 aliphatic rings. The monoisotopic (exact) mass is 355 g/mol. The van der Waals surface area contributed by atoms with E-state index in [4.69, 9.17) is 4.42 Å². The maximum absolute atomic E-state index is 5.50. The van der Waals surface area contributed by atoms with Crippen LogP contribution in [0.25, 0.3) is 22.2 Å². The van der Waals surface area contributed by atoms with Gasteiger partial charge in [0.25, 0.3) is 0 Å². The Bertz CT molecular complexity index is 1130. The summed E-state index contributed by atoms with van der Waals surface area (Å²) in [5, 5.41) is 1.16. The second-order valence-corrected chi connectivity index (χ2v) is 7.37. The first kappa shape index (κ1) is 16.2. The average Bonchev–Trinajstić information content (AvgIpc) is 3.15. The minimum Gasteiger partial charge on any atom is -0.464 e. The van der Waals surface area contributed by atoms with Gasteiger partial charge in [-0.3, -0.25) is 9.97 Å². The highest BCUT2D eigenvalue weighted by atomic mass is 16.3. The van der Waals surface area contributed by atoms with Crippen LogP contribution < -0.4 is 0 Å². The van der Waals surface area contributed by atoms with E-state index >= 15 is 0 Å². The molecule has 0 radical (unpaired) electrons. The smallest absolute Gasteiger partial charge is 0.133 e. The number of fused-ring (bicyclic) bond motifs is 2. The van der Waals surface area contributed by atoms with Crippen LogP contribution in [0, 0.1) is 6.92 Å². The van der Waals surface area contributed by atoms with Gasteiger partial charge < -0.3 is 9.32 Å². The lowest BCUT2D eigenvalue weighted by atomic mass is 9.83. The van der Waals surface area contributed by atoms with Crippen LogP contribution in [-0.4, -0.2) is 28.5 Å². The predicted octanol–water partition coefficient (Wildman–Crippen LogP) is 4.78. The molecule has 0 saturated carbocycles. The Labute approximate surface area is 158 Å². The predicted molar refractivity (Wildman–Crippen MR) is 107 cm³/mol. The third-order valence-electron chi connectivity index (χ3n) is 5.49. The van der Waals surface area contributed by atoms with Crippen molar-refractivity contribution < 1.29 is 4.42 Å². The Hall–Kier alpha value is -2.98. The normalized spacial score (nSPS) is 17.2. The summed E-state index contributed by atoms with van der Waals surface area (Å²) in [6.07, 6.45) is 5.26. The van der Waals surface area contributed by atoms with E-state index in [-0.39, 0.29) is 0 Å². The molecule has 4 nitrogen and oxygen atoms in total. The highest BCUT2D eigenvalue weighted by molar-refractivity contribution is 5.78. The molecule has 3 heterocycles. The summed E-state index contributed by atoms with van der Waals surface area (Å²) < 4.78 is 5.50. The Morgan fingerprint density at radius 1 is 1.04 bits per heavy atom. The molecular weight excluding hydrogens is 334 g/mol. The van der Waals surface area contributed by atoms with Crippen molar-refractivity contribution in [3.63, 3.8) is 0 Å². The summed E-state index contributed by atoms with van der Waals surface area (Å²) in [6.45, 7) is 3.98. The van der Waals surface area contributed by atoms with E-state index in [0.717, 1.165) is 41.0 Å². The zero-order valence-electron chi connectivity index (χ0n) is 15.5. The molecule has 2 aromatic carbocycles. The number of hydrogen-bond donors (Lipinski definition) is 0. The molecule has 27 heavy (non-hydrogen) atoms. The topological polar surface area (TPSA) is 42.2 Å². The number of benzene rings is 2. The van der Waals surface area contributed by atoms with Gasteiger partial charge in [-0.2, -0.15) is 0 Å². The van der Waals surface area contributed by atoms with Crippen LogP contribution in [0.4, 0.5) is 0 Å². The molecule has 134 valence electrons. The first-order chi connectivity index (χ1) is 13.2. The summed E-state index contributed by atoms with van der Waals surface area (Å²) in [5.41, 5.74) is 8.11. The van der Waals surface area contributed by atoms with Crippen molar-refractivity contribution >= 4 is 11.0 Å². The van der Waals surface area contributed by atoms with E-state index in [1.165, 1.54) is 16.7 Å². The minimum atomic E-state index is 0.357. The summed E-state index contributed by atoms with van der Waals surface area (Å²) in [5.74, 6) is 0.357. The van der Waals surface area contributed by atoms with Gasteiger partial charge in [0.2, 0.25) is 0 Å². The molecule has 1 atom stereocenters. The van der Waals surface area contributed by atoms with Gasteiger partial charge in [-0.25, -0.2) is 0 Å². The molecule has 4 heteroatoms. The van der Waals surface area contributed by atoms with Gasteiger partial charge in [0.15, 0.2) is 0 Å². The van der Waals surface area contributed by atoms with Gasteiger partial charge >= 0.3 is 0 Å². The van der Waals surface area contributed by atoms with Crippen LogP contribution in [0.5, 0.6) is 0 Å². The molecule has 0 fully saturated rings. The quantitative estimate of drug-likeness (QED) is 0.519. The number of likely N-dealkylation sites (N-methyl/N-ethyl adjacent to an activating group) is 1. The fraction of sp³-hybridized carbons (Fsp3) is 0.217. The van der Waals surface area contributed by atoms with Gasteiger partial charge in [0.1, 0.15) is 5.58 Å². The van der Waals surface area contributed by atoms with Crippen LogP contribution in [0.1, 0.15) is 28.3 Å². The summed E-state index contributed by atoms with van der Waals surface area (Å²) in [7, 11) is 2.19. The Morgan fingerprint density at radius 3 is 2.81 bits per heavy atom. The van der Waals surface area contributed by atoms with Gasteiger partial charge in [-0.1, -0.05) is 18.2 Å². The van der Waals surface area contributed by atoms with E-state index in [2.05, 4.69) is 58.3 Å². The van der Waals surface area contributed by atoms with Crippen molar-refractivity contribution in [2.75, 3.05) is 13.6 Å². The molecular formula is C23H21N3O. The molecule has 1 aliphatic heterocycles. The number of nitrogens with zero attached hydrogens (tertiary/aromatic N) is 3. The largest absolute Gasteiger partial charge is 0.464 e. The highest BCUT2D eigenvalue weighted by Gasteiger charge is 2.25. The molecule has 0 aliphatic carbocycles. The zero-order valence-corrected chi connectivity index (χ0v) is 15.5. The van der Waals surface area contributed by atoms with Crippen LogP contribution in [0.3, 0.4) is 0 Å². The van der Waals surface area contributed by atoms with E-state index in [1.54, 1.807) is 18.7 Å². The summed E-state index contributed by atoms with van der Waals surface area (Å²) in [4.78, 5) is 11.3. The van der Waals surface area contributed by atoms with Crippen LogP contribution in [0.15, 0.2) is 65.5 Å². The van der Waals surface area contributed by atoms with E-state index < -0.39 is 0 Å².